The number of amides is 1. The maximum Gasteiger partial charge on any atom is 0.335 e. The maximum atomic E-state index is 11.8. The number of hydrogen-bond acceptors (Lipinski definition) is 3. The van der Waals surface area contributed by atoms with Gasteiger partial charge < -0.3 is 14.7 Å². The standard InChI is InChI=1S/C12H11Br2NO4/c1-15-3-2-9(11(15)16)19-10-7(13)4-6(12(17)18)5-8(10)14/h4-5,9H,2-3H2,1H3,(H,17,18). The predicted octanol–water partition coefficient (Wildman–Crippen LogP) is 2.52. The number of aromatic carboxylic acids is 1. The molecule has 1 aromatic rings. The van der Waals surface area contributed by atoms with Gasteiger partial charge >= 0.3 is 5.97 Å². The summed E-state index contributed by atoms with van der Waals surface area (Å²) in [6, 6.07) is 2.90. The van der Waals surface area contributed by atoms with Crippen LogP contribution < -0.4 is 4.74 Å². The number of benzene rings is 1. The number of carbonyl (C=O) groups excluding carboxylic acids is 1. The Hall–Kier alpha value is -1.08. The fourth-order valence-corrected chi connectivity index (χ4v) is 3.21. The summed E-state index contributed by atoms with van der Waals surface area (Å²) in [6.07, 6.45) is 0.0998. The Morgan fingerprint density at radius 1 is 1.42 bits per heavy atom. The van der Waals surface area contributed by atoms with Crippen molar-refractivity contribution in [1.29, 1.82) is 0 Å². The summed E-state index contributed by atoms with van der Waals surface area (Å²) < 4.78 is 6.68. The van der Waals surface area contributed by atoms with Gasteiger partial charge in [-0.2, -0.15) is 0 Å². The summed E-state index contributed by atoms with van der Waals surface area (Å²) in [5.41, 5.74) is 0.140. The lowest BCUT2D eigenvalue weighted by molar-refractivity contribution is -0.132. The highest BCUT2D eigenvalue weighted by Crippen LogP contribution is 2.36. The number of likely N-dealkylation sites (tertiary alicyclic amines) is 1. The fourth-order valence-electron chi connectivity index (χ4n) is 1.84. The fraction of sp³-hybridized carbons (Fsp3) is 0.333. The molecule has 1 atom stereocenters. The van der Waals surface area contributed by atoms with E-state index in [1.165, 1.54) is 12.1 Å². The van der Waals surface area contributed by atoms with Crippen LogP contribution in [0.5, 0.6) is 5.75 Å². The molecule has 0 aliphatic carbocycles. The molecule has 0 aromatic heterocycles. The van der Waals surface area contributed by atoms with Gasteiger partial charge in [0.15, 0.2) is 6.10 Å². The smallest absolute Gasteiger partial charge is 0.335 e. The summed E-state index contributed by atoms with van der Waals surface area (Å²) in [5.74, 6) is -0.649. The zero-order valence-corrected chi connectivity index (χ0v) is 13.2. The first-order valence-corrected chi connectivity index (χ1v) is 7.12. The van der Waals surface area contributed by atoms with E-state index in [0.29, 0.717) is 27.7 Å². The quantitative estimate of drug-likeness (QED) is 0.858. The van der Waals surface area contributed by atoms with Crippen molar-refractivity contribution in [3.05, 3.63) is 26.6 Å². The molecule has 0 radical (unpaired) electrons. The number of carbonyl (C=O) groups is 2. The van der Waals surface area contributed by atoms with Crippen LogP contribution in [0.2, 0.25) is 0 Å². The molecule has 1 heterocycles. The van der Waals surface area contributed by atoms with Crippen molar-refractivity contribution in [2.75, 3.05) is 13.6 Å². The number of nitrogens with zero attached hydrogens (tertiary/aromatic N) is 1. The number of ether oxygens (including phenoxy) is 1. The molecule has 7 heteroatoms. The van der Waals surface area contributed by atoms with Gasteiger partial charge in [0, 0.05) is 20.0 Å². The van der Waals surface area contributed by atoms with Gasteiger partial charge in [-0.15, -0.1) is 0 Å². The first-order valence-electron chi connectivity index (χ1n) is 5.54. The van der Waals surface area contributed by atoms with Gasteiger partial charge in [-0.25, -0.2) is 4.79 Å². The van der Waals surface area contributed by atoms with Crippen LogP contribution in [0.25, 0.3) is 0 Å². The lowest BCUT2D eigenvalue weighted by Crippen LogP contribution is -2.29. The first-order chi connectivity index (χ1) is 8.90. The van der Waals surface area contributed by atoms with Crippen molar-refractivity contribution in [3.8, 4) is 5.75 Å². The molecule has 1 aliphatic heterocycles. The van der Waals surface area contributed by atoms with E-state index in [4.69, 9.17) is 9.84 Å². The van der Waals surface area contributed by atoms with Crippen molar-refractivity contribution in [2.45, 2.75) is 12.5 Å². The zero-order valence-electron chi connectivity index (χ0n) is 10.0. The minimum absolute atomic E-state index is 0.0684. The Kier molecular flexibility index (Phi) is 4.15. The zero-order chi connectivity index (χ0) is 14.2. The van der Waals surface area contributed by atoms with Gasteiger partial charge in [0.25, 0.3) is 5.91 Å². The Balaban J connectivity index is 2.26. The van der Waals surface area contributed by atoms with E-state index >= 15 is 0 Å². The summed E-state index contributed by atoms with van der Waals surface area (Å²) in [6.45, 7) is 0.659. The second-order valence-corrected chi connectivity index (χ2v) is 5.94. The van der Waals surface area contributed by atoms with Crippen LogP contribution in [-0.4, -0.2) is 41.6 Å². The molecule has 1 aliphatic rings. The Bertz CT molecular complexity index is 524. The third-order valence-electron chi connectivity index (χ3n) is 2.88. The van der Waals surface area contributed by atoms with Crippen LogP contribution in [0.1, 0.15) is 16.8 Å². The Morgan fingerprint density at radius 2 is 2.00 bits per heavy atom. The molecule has 0 spiro atoms. The molecule has 19 heavy (non-hydrogen) atoms. The third-order valence-corrected chi connectivity index (χ3v) is 4.06. The highest BCUT2D eigenvalue weighted by atomic mass is 79.9. The summed E-state index contributed by atoms with van der Waals surface area (Å²) in [7, 11) is 1.73. The molecule has 0 bridgehead atoms. The van der Waals surface area contributed by atoms with Gasteiger partial charge in [0.1, 0.15) is 5.75 Å². The summed E-state index contributed by atoms with van der Waals surface area (Å²) in [4.78, 5) is 24.3. The van der Waals surface area contributed by atoms with Crippen molar-refractivity contribution in [2.24, 2.45) is 0 Å². The first kappa shape index (κ1) is 14.3. The van der Waals surface area contributed by atoms with Crippen LogP contribution in [0.15, 0.2) is 21.1 Å². The highest BCUT2D eigenvalue weighted by Gasteiger charge is 2.31. The topological polar surface area (TPSA) is 66.8 Å². The monoisotopic (exact) mass is 391 g/mol. The molecule has 5 nitrogen and oxygen atoms in total. The average molecular weight is 393 g/mol. The second kappa shape index (κ2) is 5.50. The Morgan fingerprint density at radius 3 is 2.42 bits per heavy atom. The van der Waals surface area contributed by atoms with Crippen molar-refractivity contribution in [3.63, 3.8) is 0 Å². The Labute approximate surface area is 126 Å². The number of halogens is 2. The molecule has 1 N–H and O–H groups in total. The number of carboxylic acids is 1. The average Bonchev–Trinajstić information content (AvgIpc) is 2.65. The van der Waals surface area contributed by atoms with E-state index in [2.05, 4.69) is 31.9 Å². The minimum atomic E-state index is -1.02. The van der Waals surface area contributed by atoms with Crippen molar-refractivity contribution in [1.82, 2.24) is 4.90 Å². The van der Waals surface area contributed by atoms with Crippen molar-refractivity contribution >= 4 is 43.7 Å². The van der Waals surface area contributed by atoms with E-state index in [1.807, 2.05) is 0 Å². The van der Waals surface area contributed by atoms with Gasteiger partial charge in [-0.05, 0) is 44.0 Å². The van der Waals surface area contributed by atoms with E-state index in [0.717, 1.165) is 0 Å². The summed E-state index contributed by atoms with van der Waals surface area (Å²) in [5, 5.41) is 8.94. The maximum absolute atomic E-state index is 11.8. The largest absolute Gasteiger partial charge is 0.478 e. The normalized spacial score (nSPS) is 18.8. The second-order valence-electron chi connectivity index (χ2n) is 4.23. The molecular weight excluding hydrogens is 382 g/mol. The molecule has 102 valence electrons. The van der Waals surface area contributed by atoms with Gasteiger partial charge in [0.2, 0.25) is 0 Å². The van der Waals surface area contributed by atoms with E-state index < -0.39 is 12.1 Å². The van der Waals surface area contributed by atoms with Gasteiger partial charge in [-0.1, -0.05) is 0 Å². The van der Waals surface area contributed by atoms with Gasteiger partial charge in [0.05, 0.1) is 14.5 Å². The van der Waals surface area contributed by atoms with Crippen LogP contribution in [0, 0.1) is 0 Å². The predicted molar refractivity (Wildman–Crippen MR) is 75.5 cm³/mol. The van der Waals surface area contributed by atoms with E-state index in [1.54, 1.807) is 11.9 Å². The number of carboxylic acid groups (broad SMARTS) is 1. The van der Waals surface area contributed by atoms with Gasteiger partial charge in [-0.3, -0.25) is 4.79 Å². The molecule has 0 saturated carbocycles. The lowest BCUT2D eigenvalue weighted by atomic mass is 10.2. The molecule has 1 saturated heterocycles. The van der Waals surface area contributed by atoms with Crippen LogP contribution in [0.4, 0.5) is 0 Å². The lowest BCUT2D eigenvalue weighted by Gasteiger charge is -2.16. The molecule has 1 fully saturated rings. The van der Waals surface area contributed by atoms with E-state index in [-0.39, 0.29) is 11.5 Å². The van der Waals surface area contributed by atoms with Crippen LogP contribution in [0.3, 0.4) is 0 Å². The van der Waals surface area contributed by atoms with Crippen LogP contribution >= 0.6 is 31.9 Å². The molecule has 2 rings (SSSR count). The SMILES string of the molecule is CN1CCC(Oc2c(Br)cc(C(=O)O)cc2Br)C1=O. The molecule has 1 aromatic carbocycles. The molecule has 1 unspecified atom stereocenters. The minimum Gasteiger partial charge on any atom is -0.478 e. The third kappa shape index (κ3) is 2.92. The summed E-state index contributed by atoms with van der Waals surface area (Å²) >= 11 is 6.53. The van der Waals surface area contributed by atoms with Crippen molar-refractivity contribution < 1.29 is 19.4 Å². The number of hydrogen-bond donors (Lipinski definition) is 1. The molecular formula is C12H11Br2NO4. The highest BCUT2D eigenvalue weighted by molar-refractivity contribution is 9.11. The molecule has 1 amide bonds. The van der Waals surface area contributed by atoms with E-state index in [9.17, 15) is 9.59 Å². The number of rotatable bonds is 3. The number of likely N-dealkylation sites (N-methyl/N-ethyl adjacent to an activating group) is 1. The van der Waals surface area contributed by atoms with Crippen LogP contribution in [-0.2, 0) is 4.79 Å².